The van der Waals surface area contributed by atoms with Gasteiger partial charge in [0.05, 0.1) is 4.88 Å². The summed E-state index contributed by atoms with van der Waals surface area (Å²) in [6, 6.07) is 2.01. The highest BCUT2D eigenvalue weighted by Crippen LogP contribution is 2.13. The number of carbonyl (C=O) groups is 3. The summed E-state index contributed by atoms with van der Waals surface area (Å²) >= 11 is 1.23. The number of ether oxygens (including phenoxy) is 1. The normalized spacial score (nSPS) is 12.6. The summed E-state index contributed by atoms with van der Waals surface area (Å²) in [4.78, 5) is 34.9. The molecule has 0 fully saturated rings. The first-order valence-corrected chi connectivity index (χ1v) is 6.86. The van der Waals surface area contributed by atoms with Crippen molar-refractivity contribution in [2.75, 3.05) is 0 Å². The van der Waals surface area contributed by atoms with E-state index in [1.54, 1.807) is 38.3 Å². The third-order valence-electron chi connectivity index (χ3n) is 2.17. The lowest BCUT2D eigenvalue weighted by atomic mass is 10.1. The molecule has 1 unspecified atom stereocenters. The molecule has 1 amide bonds. The molecule has 0 saturated carbocycles. The van der Waals surface area contributed by atoms with E-state index in [2.05, 4.69) is 5.32 Å². The summed E-state index contributed by atoms with van der Waals surface area (Å²) in [6.45, 7) is 5.00. The fourth-order valence-electron chi connectivity index (χ4n) is 1.37. The van der Waals surface area contributed by atoms with Crippen molar-refractivity contribution in [3.8, 4) is 0 Å². The second-order valence-electron chi connectivity index (χ2n) is 5.14. The van der Waals surface area contributed by atoms with E-state index < -0.39 is 23.7 Å². The number of carbonyl (C=O) groups excluding carboxylic acids is 2. The minimum atomic E-state index is -1.31. The molecule has 6 nitrogen and oxygen atoms in total. The van der Waals surface area contributed by atoms with Gasteiger partial charge in [-0.15, -0.1) is 11.3 Å². The maximum Gasteiger partial charge on any atom is 0.408 e. The van der Waals surface area contributed by atoms with E-state index in [0.29, 0.717) is 4.88 Å². The molecule has 0 bridgehead atoms. The summed E-state index contributed by atoms with van der Waals surface area (Å²) in [5.41, 5.74) is -0.731. The van der Waals surface area contributed by atoms with E-state index in [9.17, 15) is 14.4 Å². The van der Waals surface area contributed by atoms with Gasteiger partial charge < -0.3 is 15.2 Å². The Morgan fingerprint density at radius 1 is 1.40 bits per heavy atom. The smallest absolute Gasteiger partial charge is 0.408 e. The van der Waals surface area contributed by atoms with Crippen molar-refractivity contribution in [2.45, 2.75) is 38.8 Å². The fourth-order valence-corrected chi connectivity index (χ4v) is 2.05. The first-order chi connectivity index (χ1) is 9.19. The van der Waals surface area contributed by atoms with Crippen LogP contribution in [0.4, 0.5) is 4.79 Å². The molecule has 0 aromatic carbocycles. The van der Waals surface area contributed by atoms with Crippen molar-refractivity contribution < 1.29 is 24.2 Å². The Balaban J connectivity index is 2.64. The zero-order chi connectivity index (χ0) is 15.3. The standard InChI is InChI=1S/C13H17NO5S/c1-13(2,3)19-12(18)14-8(11(16)17)7-9(15)10-5-4-6-20-10/h4-6,8H,7H2,1-3H3,(H,14,18)(H,16,17). The number of aliphatic carboxylic acids is 1. The summed E-state index contributed by atoms with van der Waals surface area (Å²) in [6.07, 6.45) is -1.17. The predicted octanol–water partition coefficient (Wildman–Crippen LogP) is 2.30. The molecule has 1 heterocycles. The highest BCUT2D eigenvalue weighted by Gasteiger charge is 2.26. The number of hydrogen-bond acceptors (Lipinski definition) is 5. The van der Waals surface area contributed by atoms with E-state index in [0.717, 1.165) is 0 Å². The Bertz CT molecular complexity index is 489. The predicted molar refractivity (Wildman–Crippen MR) is 74.1 cm³/mol. The Hall–Kier alpha value is -1.89. The average Bonchev–Trinajstić information content (AvgIpc) is 2.78. The topological polar surface area (TPSA) is 92.7 Å². The van der Waals surface area contributed by atoms with Gasteiger partial charge in [-0.05, 0) is 32.2 Å². The number of thiophene rings is 1. The van der Waals surface area contributed by atoms with Gasteiger partial charge in [-0.2, -0.15) is 0 Å². The molecule has 110 valence electrons. The minimum Gasteiger partial charge on any atom is -0.480 e. The number of nitrogens with one attached hydrogen (secondary N) is 1. The number of carboxylic acids is 1. The van der Waals surface area contributed by atoms with Gasteiger partial charge in [0.25, 0.3) is 0 Å². The van der Waals surface area contributed by atoms with Crippen molar-refractivity contribution in [3.05, 3.63) is 22.4 Å². The van der Waals surface area contributed by atoms with Gasteiger partial charge in [-0.25, -0.2) is 9.59 Å². The number of rotatable bonds is 5. The number of ketones is 1. The van der Waals surface area contributed by atoms with Crippen LogP contribution in [0.25, 0.3) is 0 Å². The molecule has 0 radical (unpaired) electrons. The molecule has 2 N–H and O–H groups in total. The highest BCUT2D eigenvalue weighted by molar-refractivity contribution is 7.12. The summed E-state index contributed by atoms with van der Waals surface area (Å²) in [7, 11) is 0. The molecular formula is C13H17NO5S. The number of alkyl carbamates (subject to hydrolysis) is 1. The van der Waals surface area contributed by atoms with Crippen LogP contribution in [0.5, 0.6) is 0 Å². The molecule has 0 aliphatic rings. The summed E-state index contributed by atoms with van der Waals surface area (Å²) in [5.74, 6) is -1.61. The van der Waals surface area contributed by atoms with Gasteiger partial charge in [0.15, 0.2) is 5.78 Å². The van der Waals surface area contributed by atoms with Crippen LogP contribution in [0.15, 0.2) is 17.5 Å². The fraction of sp³-hybridized carbons (Fsp3) is 0.462. The monoisotopic (exact) mass is 299 g/mol. The molecule has 0 aliphatic heterocycles. The lowest BCUT2D eigenvalue weighted by Crippen LogP contribution is -2.44. The van der Waals surface area contributed by atoms with Gasteiger partial charge in [0, 0.05) is 6.42 Å². The van der Waals surface area contributed by atoms with Gasteiger partial charge >= 0.3 is 12.1 Å². The van der Waals surface area contributed by atoms with Crippen LogP contribution in [0, 0.1) is 0 Å². The third kappa shape index (κ3) is 5.40. The zero-order valence-electron chi connectivity index (χ0n) is 11.5. The number of Topliss-reactive ketones (excluding diaryl/α,β-unsaturated/α-hetero) is 1. The van der Waals surface area contributed by atoms with Crippen LogP contribution in [0.3, 0.4) is 0 Å². The first kappa shape index (κ1) is 16.2. The second-order valence-corrected chi connectivity index (χ2v) is 6.09. The van der Waals surface area contributed by atoms with Crippen molar-refractivity contribution >= 4 is 29.2 Å². The van der Waals surface area contributed by atoms with Crippen LogP contribution in [-0.4, -0.2) is 34.6 Å². The Labute approximate surface area is 120 Å². The number of amides is 1. The Morgan fingerprint density at radius 3 is 2.50 bits per heavy atom. The maximum absolute atomic E-state index is 11.8. The molecule has 1 rings (SSSR count). The summed E-state index contributed by atoms with van der Waals surface area (Å²) < 4.78 is 4.97. The van der Waals surface area contributed by atoms with Crippen molar-refractivity contribution in [3.63, 3.8) is 0 Å². The highest BCUT2D eigenvalue weighted by atomic mass is 32.1. The molecule has 0 saturated heterocycles. The van der Waals surface area contributed by atoms with Gasteiger partial charge in [0.1, 0.15) is 11.6 Å². The lowest BCUT2D eigenvalue weighted by molar-refractivity contribution is -0.139. The van der Waals surface area contributed by atoms with Crippen LogP contribution in [0.2, 0.25) is 0 Å². The quantitative estimate of drug-likeness (QED) is 0.814. The molecule has 1 atom stereocenters. The molecular weight excluding hydrogens is 282 g/mol. The van der Waals surface area contributed by atoms with Gasteiger partial charge in [0.2, 0.25) is 0 Å². The van der Waals surface area contributed by atoms with Crippen LogP contribution in [-0.2, 0) is 9.53 Å². The summed E-state index contributed by atoms with van der Waals surface area (Å²) in [5, 5.41) is 13.0. The lowest BCUT2D eigenvalue weighted by Gasteiger charge is -2.21. The minimum absolute atomic E-state index is 0.310. The van der Waals surface area contributed by atoms with Crippen molar-refractivity contribution in [2.24, 2.45) is 0 Å². The van der Waals surface area contributed by atoms with Gasteiger partial charge in [-0.3, -0.25) is 4.79 Å². The molecule has 7 heteroatoms. The third-order valence-corrected chi connectivity index (χ3v) is 3.09. The van der Waals surface area contributed by atoms with Crippen molar-refractivity contribution in [1.29, 1.82) is 0 Å². The van der Waals surface area contributed by atoms with E-state index in [-0.39, 0.29) is 12.2 Å². The molecule has 0 aliphatic carbocycles. The van der Waals surface area contributed by atoms with E-state index in [4.69, 9.17) is 9.84 Å². The molecule has 1 aromatic rings. The van der Waals surface area contributed by atoms with Crippen LogP contribution in [0.1, 0.15) is 36.9 Å². The van der Waals surface area contributed by atoms with Crippen LogP contribution < -0.4 is 5.32 Å². The van der Waals surface area contributed by atoms with Crippen molar-refractivity contribution in [1.82, 2.24) is 5.32 Å². The maximum atomic E-state index is 11.8. The van der Waals surface area contributed by atoms with E-state index in [1.165, 1.54) is 11.3 Å². The SMILES string of the molecule is CC(C)(C)OC(=O)NC(CC(=O)c1cccs1)C(=O)O. The van der Waals surface area contributed by atoms with E-state index in [1.807, 2.05) is 0 Å². The zero-order valence-corrected chi connectivity index (χ0v) is 12.3. The number of carboxylic acid groups (broad SMARTS) is 1. The first-order valence-electron chi connectivity index (χ1n) is 5.98. The Morgan fingerprint density at radius 2 is 2.05 bits per heavy atom. The molecule has 20 heavy (non-hydrogen) atoms. The molecule has 1 aromatic heterocycles. The number of hydrogen-bond donors (Lipinski definition) is 2. The molecule has 0 spiro atoms. The Kier molecular flexibility index (Phi) is 5.26. The average molecular weight is 299 g/mol. The largest absolute Gasteiger partial charge is 0.480 e. The van der Waals surface area contributed by atoms with Crippen LogP contribution >= 0.6 is 11.3 Å². The van der Waals surface area contributed by atoms with Gasteiger partial charge in [-0.1, -0.05) is 6.07 Å². The second kappa shape index (κ2) is 6.51. The van der Waals surface area contributed by atoms with E-state index >= 15 is 0 Å².